The predicted molar refractivity (Wildman–Crippen MR) is 79.7 cm³/mol. The number of ether oxygens (including phenoxy) is 1. The molecule has 0 fully saturated rings. The molecule has 0 amide bonds. The van der Waals surface area contributed by atoms with Gasteiger partial charge in [0.05, 0.1) is 19.3 Å². The van der Waals surface area contributed by atoms with Crippen LogP contribution in [-0.2, 0) is 6.61 Å². The molecule has 124 valence electrons. The zero-order chi connectivity index (χ0) is 17.3. The van der Waals surface area contributed by atoms with E-state index in [0.29, 0.717) is 11.3 Å². The molecule has 0 atom stereocenters. The maximum atomic E-state index is 13.4. The lowest BCUT2D eigenvalue weighted by Gasteiger charge is -2.04. The highest BCUT2D eigenvalue weighted by Crippen LogP contribution is 2.34. The Morgan fingerprint density at radius 1 is 1.08 bits per heavy atom. The van der Waals surface area contributed by atoms with Gasteiger partial charge in [-0.05, 0) is 24.3 Å². The van der Waals surface area contributed by atoms with Crippen LogP contribution in [0, 0.1) is 17.5 Å². The predicted octanol–water partition coefficient (Wildman–Crippen LogP) is 3.93. The quantitative estimate of drug-likeness (QED) is 0.734. The van der Waals surface area contributed by atoms with Crippen LogP contribution in [0.25, 0.3) is 22.6 Å². The van der Waals surface area contributed by atoms with Gasteiger partial charge in [-0.1, -0.05) is 17.3 Å². The number of aliphatic hydroxyl groups is 1. The van der Waals surface area contributed by atoms with Gasteiger partial charge < -0.3 is 14.4 Å². The van der Waals surface area contributed by atoms with Crippen LogP contribution in [0.1, 0.15) is 5.56 Å². The molecule has 0 bridgehead atoms. The summed E-state index contributed by atoms with van der Waals surface area (Å²) in [6.07, 6.45) is 0. The van der Waals surface area contributed by atoms with Crippen molar-refractivity contribution < 1.29 is 27.5 Å². The maximum Gasteiger partial charge on any atom is 0.194 e. The number of hydrogen-bond acceptors (Lipinski definition) is 4. The number of halogens is 3. The lowest BCUT2D eigenvalue weighted by atomic mass is 10.0. The first-order valence-corrected chi connectivity index (χ1v) is 6.94. The van der Waals surface area contributed by atoms with Gasteiger partial charge in [0, 0.05) is 11.1 Å². The molecule has 1 aromatic heterocycles. The summed E-state index contributed by atoms with van der Waals surface area (Å²) in [5, 5.41) is 13.4. The molecule has 0 saturated carbocycles. The van der Waals surface area contributed by atoms with Crippen molar-refractivity contribution in [2.24, 2.45) is 0 Å². The highest BCUT2D eigenvalue weighted by Gasteiger charge is 2.21. The Labute approximate surface area is 135 Å². The largest absolute Gasteiger partial charge is 0.497 e. The lowest BCUT2D eigenvalue weighted by Crippen LogP contribution is -1.94. The number of aliphatic hydroxyl groups excluding tert-OH is 1. The van der Waals surface area contributed by atoms with Gasteiger partial charge in [-0.2, -0.15) is 0 Å². The first-order valence-electron chi connectivity index (χ1n) is 6.94. The SMILES string of the molecule is COc1cccc(-c2onc(-c3cc(F)c(F)c(F)c3)c2CO)c1. The van der Waals surface area contributed by atoms with E-state index in [0.717, 1.165) is 12.1 Å². The molecule has 24 heavy (non-hydrogen) atoms. The van der Waals surface area contributed by atoms with Crippen LogP contribution in [0.4, 0.5) is 13.2 Å². The highest BCUT2D eigenvalue weighted by molar-refractivity contribution is 5.73. The molecule has 1 N–H and O–H groups in total. The Morgan fingerprint density at radius 3 is 2.42 bits per heavy atom. The van der Waals surface area contributed by atoms with Gasteiger partial charge in [0.1, 0.15) is 11.4 Å². The van der Waals surface area contributed by atoms with E-state index < -0.39 is 24.1 Å². The van der Waals surface area contributed by atoms with Crippen molar-refractivity contribution in [2.75, 3.05) is 7.11 Å². The van der Waals surface area contributed by atoms with E-state index in [2.05, 4.69) is 5.16 Å². The summed E-state index contributed by atoms with van der Waals surface area (Å²) in [5.41, 5.74) is 0.801. The molecule has 1 heterocycles. The fraction of sp³-hybridized carbons (Fsp3) is 0.118. The first kappa shape index (κ1) is 16.1. The van der Waals surface area contributed by atoms with Crippen LogP contribution < -0.4 is 4.74 Å². The molecule has 0 saturated heterocycles. The fourth-order valence-electron chi connectivity index (χ4n) is 2.37. The summed E-state index contributed by atoms with van der Waals surface area (Å²) in [5.74, 6) is -3.47. The summed E-state index contributed by atoms with van der Waals surface area (Å²) in [7, 11) is 1.50. The van der Waals surface area contributed by atoms with Gasteiger partial charge in [0.25, 0.3) is 0 Å². The average molecular weight is 335 g/mol. The minimum Gasteiger partial charge on any atom is -0.497 e. The van der Waals surface area contributed by atoms with E-state index in [1.165, 1.54) is 7.11 Å². The molecule has 0 spiro atoms. The summed E-state index contributed by atoms with van der Waals surface area (Å²) < 4.78 is 50.3. The second kappa shape index (κ2) is 6.37. The van der Waals surface area contributed by atoms with Gasteiger partial charge in [-0.3, -0.25) is 0 Å². The fourth-order valence-corrected chi connectivity index (χ4v) is 2.37. The van der Waals surface area contributed by atoms with E-state index >= 15 is 0 Å². The molecule has 2 aromatic carbocycles. The standard InChI is InChI=1S/C17H12F3NO3/c1-23-11-4-2-3-9(5-11)17-12(8-22)16(21-24-17)10-6-13(18)15(20)14(19)7-10/h2-7,22H,8H2,1H3. The maximum absolute atomic E-state index is 13.4. The first-order chi connectivity index (χ1) is 11.5. The van der Waals surface area contributed by atoms with Gasteiger partial charge in [0.2, 0.25) is 0 Å². The molecular weight excluding hydrogens is 323 g/mol. The lowest BCUT2D eigenvalue weighted by molar-refractivity contribution is 0.281. The van der Waals surface area contributed by atoms with E-state index in [-0.39, 0.29) is 22.6 Å². The zero-order valence-electron chi connectivity index (χ0n) is 12.5. The van der Waals surface area contributed by atoms with E-state index in [4.69, 9.17) is 9.26 Å². The van der Waals surface area contributed by atoms with Crippen LogP contribution >= 0.6 is 0 Å². The third kappa shape index (κ3) is 2.74. The Bertz CT molecular complexity index is 870. The number of methoxy groups -OCH3 is 1. The Balaban J connectivity index is 2.13. The van der Waals surface area contributed by atoms with Crippen LogP contribution in [0.5, 0.6) is 5.75 Å². The molecular formula is C17H12F3NO3. The minimum absolute atomic E-state index is 0.0339. The average Bonchev–Trinajstić information content (AvgIpc) is 3.03. The van der Waals surface area contributed by atoms with Crippen LogP contribution in [-0.4, -0.2) is 17.4 Å². The van der Waals surface area contributed by atoms with Crippen molar-refractivity contribution in [3.63, 3.8) is 0 Å². The number of benzene rings is 2. The van der Waals surface area contributed by atoms with E-state index in [1.54, 1.807) is 24.3 Å². The van der Waals surface area contributed by atoms with Crippen LogP contribution in [0.2, 0.25) is 0 Å². The van der Waals surface area contributed by atoms with Crippen molar-refractivity contribution in [3.8, 4) is 28.3 Å². The van der Waals surface area contributed by atoms with E-state index in [9.17, 15) is 18.3 Å². The molecule has 0 radical (unpaired) electrons. The van der Waals surface area contributed by atoms with Crippen molar-refractivity contribution in [1.29, 1.82) is 0 Å². The minimum atomic E-state index is -1.57. The second-order valence-electron chi connectivity index (χ2n) is 4.98. The highest BCUT2D eigenvalue weighted by atomic mass is 19.2. The normalized spacial score (nSPS) is 10.9. The smallest absolute Gasteiger partial charge is 0.194 e. The van der Waals surface area contributed by atoms with Gasteiger partial charge in [0.15, 0.2) is 23.2 Å². The Morgan fingerprint density at radius 2 is 1.79 bits per heavy atom. The summed E-state index contributed by atoms with van der Waals surface area (Å²) >= 11 is 0. The molecule has 3 aromatic rings. The molecule has 4 nitrogen and oxygen atoms in total. The molecule has 7 heteroatoms. The van der Waals surface area contributed by atoms with Crippen molar-refractivity contribution in [2.45, 2.75) is 6.61 Å². The van der Waals surface area contributed by atoms with Gasteiger partial charge in [-0.15, -0.1) is 0 Å². The third-order valence-corrected chi connectivity index (χ3v) is 3.54. The van der Waals surface area contributed by atoms with Crippen LogP contribution in [0.3, 0.4) is 0 Å². The monoisotopic (exact) mass is 335 g/mol. The molecule has 0 aliphatic carbocycles. The summed E-state index contributed by atoms with van der Waals surface area (Å²) in [4.78, 5) is 0. The van der Waals surface area contributed by atoms with Crippen molar-refractivity contribution >= 4 is 0 Å². The number of hydrogen-bond donors (Lipinski definition) is 1. The molecule has 0 aliphatic heterocycles. The number of nitrogens with zero attached hydrogens (tertiary/aromatic N) is 1. The molecule has 0 unspecified atom stereocenters. The summed E-state index contributed by atoms with van der Waals surface area (Å²) in [6.45, 7) is -0.480. The second-order valence-corrected chi connectivity index (χ2v) is 4.98. The van der Waals surface area contributed by atoms with Crippen LogP contribution in [0.15, 0.2) is 40.9 Å². The Hall–Kier alpha value is -2.80. The van der Waals surface area contributed by atoms with Crippen molar-refractivity contribution in [1.82, 2.24) is 5.16 Å². The summed E-state index contributed by atoms with van der Waals surface area (Å²) in [6, 6.07) is 8.40. The number of rotatable bonds is 4. The molecule has 0 aliphatic rings. The van der Waals surface area contributed by atoms with Crippen molar-refractivity contribution in [3.05, 3.63) is 59.4 Å². The van der Waals surface area contributed by atoms with E-state index in [1.807, 2.05) is 0 Å². The third-order valence-electron chi connectivity index (χ3n) is 3.54. The Kier molecular flexibility index (Phi) is 4.26. The van der Waals surface area contributed by atoms with Gasteiger partial charge >= 0.3 is 0 Å². The zero-order valence-corrected chi connectivity index (χ0v) is 12.5. The molecule has 3 rings (SSSR count). The topological polar surface area (TPSA) is 55.5 Å². The van der Waals surface area contributed by atoms with Gasteiger partial charge in [-0.25, -0.2) is 13.2 Å². The number of aromatic nitrogens is 1.